The van der Waals surface area contributed by atoms with E-state index in [2.05, 4.69) is 31.8 Å². The minimum atomic E-state index is -4.09. The molecule has 0 spiro atoms. The molecule has 10 aromatic rings. The van der Waals surface area contributed by atoms with Crippen LogP contribution in [0.3, 0.4) is 0 Å². The van der Waals surface area contributed by atoms with Crippen LogP contribution < -0.4 is 18.9 Å². The lowest BCUT2D eigenvalue weighted by atomic mass is 9.74. The molecule has 16 nitrogen and oxygen atoms in total. The number of imidazole rings is 2. The SMILES string of the molecule is CCOC(=O)CCc1cccc2c1OCCC2(C)c1c[nH]c(-c2cc(Oc3c(F)c(F)c4[nH]ccc4c3SC)ccc2F)n1.C[C@@]1(c2c[nH]c(-c3cc(Oc4c(F)c(F)c5[nH]ccc5c4S(C)(=O)=O)ccc3F)n2)CCOc2c(CCC(=O)O)cccc21. The van der Waals surface area contributed by atoms with Crippen LogP contribution in [0.4, 0.5) is 26.3 Å². The largest absolute Gasteiger partial charge is 0.493 e. The lowest BCUT2D eigenvalue weighted by Gasteiger charge is -2.35. The summed E-state index contributed by atoms with van der Waals surface area (Å²) in [6, 6.07) is 21.7. The summed E-state index contributed by atoms with van der Waals surface area (Å²) in [5, 5.41) is 9.54. The summed E-state index contributed by atoms with van der Waals surface area (Å²) >= 11 is 1.22. The predicted octanol–water partition coefficient (Wildman–Crippen LogP) is 14.4. The monoisotopic (exact) mass is 1250 g/mol. The van der Waals surface area contributed by atoms with Crippen molar-refractivity contribution in [2.75, 3.05) is 32.3 Å². The highest BCUT2D eigenvalue weighted by atomic mass is 32.2. The Hall–Kier alpha value is -9.16. The van der Waals surface area contributed by atoms with Crippen molar-refractivity contribution < 1.29 is 73.1 Å². The first-order valence-corrected chi connectivity index (χ1v) is 30.9. The number of aryl methyl sites for hydroxylation is 2. The van der Waals surface area contributed by atoms with Crippen LogP contribution >= 0.6 is 11.8 Å². The van der Waals surface area contributed by atoms with E-state index in [0.29, 0.717) is 72.9 Å². The van der Waals surface area contributed by atoms with Crippen LogP contribution in [0.15, 0.2) is 120 Å². The van der Waals surface area contributed by atoms with Gasteiger partial charge in [0.1, 0.15) is 51.2 Å². The molecule has 0 aliphatic carbocycles. The van der Waals surface area contributed by atoms with Gasteiger partial charge < -0.3 is 48.7 Å². The number of para-hydroxylation sites is 2. The Kier molecular flexibility index (Phi) is 16.6. The van der Waals surface area contributed by atoms with E-state index < -0.39 is 72.2 Å². The lowest BCUT2D eigenvalue weighted by Crippen LogP contribution is -2.32. The highest BCUT2D eigenvalue weighted by molar-refractivity contribution is 7.99. The number of ether oxygens (including phenoxy) is 5. The Morgan fingerprint density at radius 1 is 0.659 bits per heavy atom. The maximum atomic E-state index is 15.2. The molecule has 0 saturated carbocycles. The highest BCUT2D eigenvalue weighted by Crippen LogP contribution is 2.48. The van der Waals surface area contributed by atoms with Gasteiger partial charge in [0.2, 0.25) is 11.6 Å². The van der Waals surface area contributed by atoms with E-state index in [0.717, 1.165) is 40.3 Å². The summed E-state index contributed by atoms with van der Waals surface area (Å²) < 4.78 is 144. The number of carbonyl (C=O) groups is 2. The standard InChI is InChI=1S/C33H30F3N3O4S.C31H26F3N3O6S/c1-4-41-25(40)11-8-18-6-5-7-22-29(18)42-15-13-33(22,2)24-17-38-32(39-24)21-16-19(9-10-23(21)34)43-30-27(36)26(35)28-20(12-14-37-28)31(30)44-3;1-31(11-13-42-27-16(6-9-23(38)39)4-3-5-20(27)31)22-15-36-30(37-22)19-14-17(7-8-21(19)32)43-28-25(34)24(33)26-18(10-12-35-26)29(28)44(2,40)41/h5-7,9-10,12,14,16-17,37H,4,8,11,13,15H2,1-3H3,(H,38,39);3-5,7-8,10,12,14-15,35H,6,9,11,13H2,1-2H3,(H,36,37)(H,38,39)/t;31-/m.1/s1. The number of nitrogens with one attached hydrogen (secondary N) is 4. The van der Waals surface area contributed by atoms with Crippen molar-refractivity contribution in [3.8, 4) is 57.3 Å². The zero-order valence-corrected chi connectivity index (χ0v) is 49.5. The van der Waals surface area contributed by atoms with Gasteiger partial charge in [-0.3, -0.25) is 9.59 Å². The van der Waals surface area contributed by atoms with Gasteiger partial charge in [0.15, 0.2) is 33.0 Å². The highest BCUT2D eigenvalue weighted by Gasteiger charge is 2.40. The number of carboxylic acids is 1. The lowest BCUT2D eigenvalue weighted by molar-refractivity contribution is -0.143. The average Bonchev–Trinajstić information content (AvgIpc) is 1.78. The predicted molar refractivity (Wildman–Crippen MR) is 316 cm³/mol. The Balaban J connectivity index is 0.000000182. The fourth-order valence-electron chi connectivity index (χ4n) is 11.3. The van der Waals surface area contributed by atoms with E-state index in [4.69, 9.17) is 33.8 Å². The molecule has 4 aromatic heterocycles. The van der Waals surface area contributed by atoms with Crippen LogP contribution in [0.1, 0.15) is 80.1 Å². The van der Waals surface area contributed by atoms with Gasteiger partial charge in [-0.15, -0.1) is 11.8 Å². The van der Waals surface area contributed by atoms with E-state index in [1.807, 2.05) is 43.3 Å². The van der Waals surface area contributed by atoms with Crippen molar-refractivity contribution >= 4 is 55.3 Å². The van der Waals surface area contributed by atoms with Crippen LogP contribution in [0, 0.1) is 34.9 Å². The van der Waals surface area contributed by atoms with Crippen molar-refractivity contribution in [2.24, 2.45) is 0 Å². The number of thioether (sulfide) groups is 1. The van der Waals surface area contributed by atoms with Gasteiger partial charge in [0.25, 0.3) is 0 Å². The molecular weight excluding hydrogens is 1190 g/mol. The van der Waals surface area contributed by atoms with Gasteiger partial charge in [0.05, 0.1) is 58.3 Å². The summed E-state index contributed by atoms with van der Waals surface area (Å²) in [5.41, 5.74) is 3.21. The average molecular weight is 1250 g/mol. The molecule has 6 heterocycles. The fourth-order valence-corrected chi connectivity index (χ4v) is 13.1. The number of H-pyrrole nitrogens is 4. The van der Waals surface area contributed by atoms with E-state index in [1.165, 1.54) is 60.6 Å². The van der Waals surface area contributed by atoms with Crippen LogP contribution in [-0.4, -0.2) is 87.7 Å². The molecule has 2 aliphatic heterocycles. The molecule has 24 heteroatoms. The fraction of sp³-hybridized carbons (Fsp3) is 0.250. The molecule has 2 atom stereocenters. The van der Waals surface area contributed by atoms with Crippen molar-refractivity contribution in [1.29, 1.82) is 0 Å². The zero-order valence-electron chi connectivity index (χ0n) is 47.9. The van der Waals surface area contributed by atoms with Crippen molar-refractivity contribution in [2.45, 2.75) is 79.9 Å². The molecule has 2 aliphatic rings. The Morgan fingerprint density at radius 2 is 1.15 bits per heavy atom. The topological polar surface area (TPSA) is 224 Å². The van der Waals surface area contributed by atoms with Gasteiger partial charge in [0, 0.05) is 76.6 Å². The molecule has 0 saturated heterocycles. The third-order valence-corrected chi connectivity index (χ3v) is 17.9. The van der Waals surface area contributed by atoms with Crippen LogP contribution in [0.2, 0.25) is 0 Å². The van der Waals surface area contributed by atoms with Crippen LogP contribution in [-0.2, 0) is 47.8 Å². The quantitative estimate of drug-likeness (QED) is 0.0248. The number of nitrogens with zero attached hydrogens (tertiary/aromatic N) is 2. The number of rotatable bonds is 17. The Labute approximate surface area is 503 Å². The van der Waals surface area contributed by atoms with Crippen molar-refractivity contribution in [3.63, 3.8) is 0 Å². The molecule has 88 heavy (non-hydrogen) atoms. The first kappa shape index (κ1) is 60.5. The zero-order chi connectivity index (χ0) is 62.4. The van der Waals surface area contributed by atoms with Gasteiger partial charge in [-0.1, -0.05) is 36.4 Å². The second-order valence-electron chi connectivity index (χ2n) is 21.5. The molecule has 1 unspecified atom stereocenters. The third-order valence-electron chi connectivity index (χ3n) is 15.9. The maximum absolute atomic E-state index is 15.2. The van der Waals surface area contributed by atoms with Gasteiger partial charge >= 0.3 is 11.9 Å². The number of carboxylic acid groups (broad SMARTS) is 1. The minimum absolute atomic E-state index is 0.0515. The summed E-state index contributed by atoms with van der Waals surface area (Å²) in [5.74, 6) is -6.91. The molecule has 456 valence electrons. The number of benzene rings is 6. The summed E-state index contributed by atoms with van der Waals surface area (Å²) in [4.78, 5) is 43.7. The summed E-state index contributed by atoms with van der Waals surface area (Å²) in [7, 11) is -4.09. The number of carbonyl (C=O) groups excluding carboxylic acids is 1. The number of hydrogen-bond acceptors (Lipinski definition) is 12. The number of halogens is 6. The number of hydrogen-bond donors (Lipinski definition) is 5. The molecule has 0 bridgehead atoms. The second kappa shape index (κ2) is 24.2. The first-order chi connectivity index (χ1) is 42.1. The first-order valence-electron chi connectivity index (χ1n) is 27.8. The van der Waals surface area contributed by atoms with Gasteiger partial charge in [-0.05, 0) is 112 Å². The minimum Gasteiger partial charge on any atom is -0.493 e. The van der Waals surface area contributed by atoms with Crippen molar-refractivity contribution in [3.05, 3.63) is 178 Å². The number of aromatic nitrogens is 6. The van der Waals surface area contributed by atoms with E-state index >= 15 is 17.6 Å². The normalized spacial score (nSPS) is 16.3. The summed E-state index contributed by atoms with van der Waals surface area (Å²) in [6.45, 7) is 6.91. The number of aliphatic carboxylic acids is 1. The smallest absolute Gasteiger partial charge is 0.306 e. The Morgan fingerprint density at radius 3 is 1.65 bits per heavy atom. The van der Waals surface area contributed by atoms with E-state index in [9.17, 15) is 26.8 Å². The molecular formula is C64H56F6N6O10S2. The number of aromatic amines is 4. The van der Waals surface area contributed by atoms with Gasteiger partial charge in [-0.25, -0.2) is 35.9 Å². The molecule has 0 amide bonds. The molecule has 6 aromatic carbocycles. The molecule has 0 radical (unpaired) electrons. The third kappa shape index (κ3) is 11.3. The summed E-state index contributed by atoms with van der Waals surface area (Å²) in [6.07, 6.45) is 10.9. The van der Waals surface area contributed by atoms with Crippen LogP contribution in [0.5, 0.6) is 34.5 Å². The number of sulfone groups is 1. The van der Waals surface area contributed by atoms with E-state index in [-0.39, 0.29) is 75.3 Å². The van der Waals surface area contributed by atoms with Crippen LogP contribution in [0.25, 0.3) is 44.6 Å². The van der Waals surface area contributed by atoms with Crippen molar-refractivity contribution in [1.82, 2.24) is 29.9 Å². The molecule has 12 rings (SSSR count). The van der Waals surface area contributed by atoms with E-state index in [1.54, 1.807) is 31.6 Å². The second-order valence-corrected chi connectivity index (χ2v) is 24.3. The molecule has 0 fully saturated rings. The number of esters is 1. The number of fused-ring (bicyclic) bond motifs is 4. The maximum Gasteiger partial charge on any atom is 0.306 e. The molecule has 5 N–H and O–H groups in total. The van der Waals surface area contributed by atoms with Gasteiger partial charge in [-0.2, -0.15) is 8.78 Å². The Bertz CT molecular complexity index is 4490.